The van der Waals surface area contributed by atoms with Gasteiger partial charge in [-0.3, -0.25) is 14.4 Å². The number of nitrogens with zero attached hydrogens (tertiary/aromatic N) is 4. The van der Waals surface area contributed by atoms with Crippen LogP contribution in [0.4, 0.5) is 5.69 Å². The fourth-order valence-corrected chi connectivity index (χ4v) is 3.23. The Kier molecular flexibility index (Phi) is 8.76. The van der Waals surface area contributed by atoms with Crippen LogP contribution < -0.4 is 27.1 Å². The third-order valence-corrected chi connectivity index (χ3v) is 5.05. The number of ether oxygens (including phenoxy) is 1. The molecule has 0 bridgehead atoms. The molecule has 13 heteroatoms. The molecule has 0 radical (unpaired) electrons. The molecule has 2 atom stereocenters. The smallest absolute Gasteiger partial charge is 0.292 e. The SMILES string of the molecule is NN=NC(=O)C1C=C(Oc2ccc(NC(N(N)C=O)N(C=O)Cc3ccc(Cl)cc3)cc2)C=CN1. The van der Waals surface area contributed by atoms with Crippen molar-refractivity contribution < 1.29 is 19.1 Å². The second-order valence-electron chi connectivity index (χ2n) is 7.20. The summed E-state index contributed by atoms with van der Waals surface area (Å²) in [6.45, 7) is 0.180. The van der Waals surface area contributed by atoms with Gasteiger partial charge in [0.2, 0.25) is 12.8 Å². The van der Waals surface area contributed by atoms with Crippen molar-refractivity contribution in [2.75, 3.05) is 5.32 Å². The van der Waals surface area contributed by atoms with E-state index in [9.17, 15) is 14.4 Å². The minimum absolute atomic E-state index is 0.180. The van der Waals surface area contributed by atoms with Gasteiger partial charge in [-0.25, -0.2) is 10.9 Å². The number of anilines is 1. The molecule has 1 aliphatic rings. The number of allylic oxidation sites excluding steroid dienone is 1. The van der Waals surface area contributed by atoms with Crippen LogP contribution in [0.25, 0.3) is 0 Å². The Bertz CT molecular complexity index is 1120. The van der Waals surface area contributed by atoms with Crippen LogP contribution in [0.15, 0.2) is 83.0 Å². The van der Waals surface area contributed by atoms with Gasteiger partial charge >= 0.3 is 0 Å². The van der Waals surface area contributed by atoms with E-state index >= 15 is 0 Å². The molecule has 182 valence electrons. The first-order valence-electron chi connectivity index (χ1n) is 10.2. The molecule has 0 aliphatic carbocycles. The number of nitrogens with one attached hydrogen (secondary N) is 2. The number of benzene rings is 2. The van der Waals surface area contributed by atoms with Crippen LogP contribution in [-0.2, 0) is 20.9 Å². The predicted octanol–water partition coefficient (Wildman–Crippen LogP) is 1.63. The van der Waals surface area contributed by atoms with Crippen LogP contribution in [0.3, 0.4) is 0 Å². The Morgan fingerprint density at radius 1 is 1.17 bits per heavy atom. The van der Waals surface area contributed by atoms with Gasteiger partial charge in [-0.15, -0.1) is 0 Å². The highest BCUT2D eigenvalue weighted by Gasteiger charge is 2.22. The number of rotatable bonds is 11. The van der Waals surface area contributed by atoms with E-state index in [-0.39, 0.29) is 6.54 Å². The maximum absolute atomic E-state index is 11.8. The van der Waals surface area contributed by atoms with Gasteiger partial charge in [-0.1, -0.05) is 34.1 Å². The number of amides is 3. The first kappa shape index (κ1) is 25.2. The Balaban J connectivity index is 1.69. The van der Waals surface area contributed by atoms with Crippen molar-refractivity contribution in [1.82, 2.24) is 15.2 Å². The van der Waals surface area contributed by atoms with Gasteiger partial charge in [0.25, 0.3) is 5.91 Å². The van der Waals surface area contributed by atoms with Gasteiger partial charge in [-0.05, 0) is 54.1 Å². The van der Waals surface area contributed by atoms with Crippen LogP contribution >= 0.6 is 11.6 Å². The normalized spacial score (nSPS) is 15.5. The molecule has 35 heavy (non-hydrogen) atoms. The van der Waals surface area contributed by atoms with Gasteiger partial charge in [0.15, 0.2) is 6.29 Å². The summed E-state index contributed by atoms with van der Waals surface area (Å²) in [7, 11) is 0. The Morgan fingerprint density at radius 3 is 2.51 bits per heavy atom. The lowest BCUT2D eigenvalue weighted by Crippen LogP contribution is -2.54. The van der Waals surface area contributed by atoms with Gasteiger partial charge in [-0.2, -0.15) is 0 Å². The molecule has 0 fully saturated rings. The molecule has 0 spiro atoms. The van der Waals surface area contributed by atoms with E-state index in [1.807, 2.05) is 0 Å². The molecule has 1 aliphatic heterocycles. The zero-order valence-corrected chi connectivity index (χ0v) is 19.1. The van der Waals surface area contributed by atoms with E-state index in [0.717, 1.165) is 10.6 Å². The zero-order valence-electron chi connectivity index (χ0n) is 18.3. The zero-order chi connectivity index (χ0) is 25.2. The summed E-state index contributed by atoms with van der Waals surface area (Å²) in [6.07, 6.45) is 4.76. The van der Waals surface area contributed by atoms with E-state index < -0.39 is 18.2 Å². The van der Waals surface area contributed by atoms with E-state index in [0.29, 0.717) is 35.0 Å². The van der Waals surface area contributed by atoms with Crippen LogP contribution in [0, 0.1) is 0 Å². The summed E-state index contributed by atoms with van der Waals surface area (Å²) >= 11 is 5.91. The second kappa shape index (κ2) is 12.2. The molecule has 3 rings (SSSR count). The van der Waals surface area contributed by atoms with Crippen molar-refractivity contribution in [3.8, 4) is 5.75 Å². The summed E-state index contributed by atoms with van der Waals surface area (Å²) in [5, 5.41) is 13.5. The molecule has 2 aromatic rings. The summed E-state index contributed by atoms with van der Waals surface area (Å²) in [5.41, 5.74) is 1.36. The number of hydrogen-bond acceptors (Lipinski definition) is 8. The number of nitrogens with two attached hydrogens (primary N) is 2. The highest BCUT2D eigenvalue weighted by molar-refractivity contribution is 6.30. The minimum atomic E-state index is -0.967. The largest absolute Gasteiger partial charge is 0.458 e. The lowest BCUT2D eigenvalue weighted by molar-refractivity contribution is -0.131. The lowest BCUT2D eigenvalue weighted by Gasteiger charge is -2.34. The van der Waals surface area contributed by atoms with Crippen molar-refractivity contribution in [2.45, 2.75) is 18.9 Å². The van der Waals surface area contributed by atoms with E-state index in [2.05, 4.69) is 21.0 Å². The van der Waals surface area contributed by atoms with Crippen molar-refractivity contribution in [1.29, 1.82) is 0 Å². The number of hydrazine groups is 1. The number of carbonyl (C=O) groups is 3. The van der Waals surface area contributed by atoms with E-state index in [4.69, 9.17) is 28.0 Å². The molecule has 2 aromatic carbocycles. The molecule has 12 nitrogen and oxygen atoms in total. The molecule has 2 unspecified atom stereocenters. The molecule has 3 amide bonds. The summed E-state index contributed by atoms with van der Waals surface area (Å²) in [5.74, 6) is 11.1. The topological polar surface area (TPSA) is 168 Å². The third-order valence-electron chi connectivity index (χ3n) is 4.79. The fraction of sp³-hybridized carbons (Fsp3) is 0.136. The highest BCUT2D eigenvalue weighted by Crippen LogP contribution is 2.21. The second-order valence-corrected chi connectivity index (χ2v) is 7.64. The monoisotopic (exact) mass is 498 g/mol. The lowest BCUT2D eigenvalue weighted by atomic mass is 10.2. The predicted molar refractivity (Wildman–Crippen MR) is 128 cm³/mol. The maximum Gasteiger partial charge on any atom is 0.292 e. The molecular formula is C22H23ClN8O4. The average Bonchev–Trinajstić information content (AvgIpc) is 2.88. The van der Waals surface area contributed by atoms with E-state index in [1.54, 1.807) is 60.8 Å². The number of hydrogen-bond donors (Lipinski definition) is 4. The standard InChI is InChI=1S/C22H23ClN8O4/c23-16-3-1-15(2-4-16)12-30(13-32)22(31(25)14-33)27-17-5-7-18(8-6-17)35-19-9-10-26-20(11-19)21(34)28-29-24/h1-11,13-14,20,22,26-27H,12,25H2,(H2,24,28,34). The number of halogens is 1. The fourth-order valence-electron chi connectivity index (χ4n) is 3.10. The maximum atomic E-state index is 11.8. The van der Waals surface area contributed by atoms with E-state index in [1.165, 1.54) is 11.0 Å². The molecule has 6 N–H and O–H groups in total. The third kappa shape index (κ3) is 7.03. The van der Waals surface area contributed by atoms with Crippen LogP contribution in [0.1, 0.15) is 5.56 Å². The Morgan fingerprint density at radius 2 is 1.89 bits per heavy atom. The molecule has 0 saturated heterocycles. The van der Waals surface area contributed by atoms with Gasteiger partial charge < -0.3 is 26.1 Å². The summed E-state index contributed by atoms with van der Waals surface area (Å²) < 4.78 is 5.78. The first-order valence-corrected chi connectivity index (χ1v) is 10.6. The minimum Gasteiger partial charge on any atom is -0.458 e. The Labute approximate surface area is 205 Å². The van der Waals surface area contributed by atoms with Crippen molar-refractivity contribution in [3.63, 3.8) is 0 Å². The van der Waals surface area contributed by atoms with Crippen LogP contribution in [0.2, 0.25) is 5.02 Å². The molecule has 1 heterocycles. The van der Waals surface area contributed by atoms with Crippen LogP contribution in [0.5, 0.6) is 5.75 Å². The van der Waals surface area contributed by atoms with Crippen molar-refractivity contribution >= 4 is 36.0 Å². The van der Waals surface area contributed by atoms with Gasteiger partial charge in [0, 0.05) is 23.5 Å². The van der Waals surface area contributed by atoms with Gasteiger partial charge in [0.05, 0.1) is 0 Å². The van der Waals surface area contributed by atoms with Crippen molar-refractivity contribution in [2.24, 2.45) is 22.0 Å². The molecular weight excluding hydrogens is 476 g/mol. The van der Waals surface area contributed by atoms with Crippen molar-refractivity contribution in [3.05, 3.63) is 83.2 Å². The summed E-state index contributed by atoms with van der Waals surface area (Å²) in [4.78, 5) is 36.3. The summed E-state index contributed by atoms with van der Waals surface area (Å²) in [6, 6.07) is 12.9. The highest BCUT2D eigenvalue weighted by atomic mass is 35.5. The first-order chi connectivity index (χ1) is 16.9. The molecule has 0 aromatic heterocycles. The average molecular weight is 499 g/mol. The quantitative estimate of drug-likeness (QED) is 0.0904. The number of dihydropyridines is 1. The number of carbonyl (C=O) groups excluding carboxylic acids is 3. The molecule has 0 saturated carbocycles. The Hall–Kier alpha value is -4.42. The van der Waals surface area contributed by atoms with Gasteiger partial charge in [0.1, 0.15) is 17.6 Å². The van der Waals surface area contributed by atoms with Crippen LogP contribution in [-0.4, -0.2) is 41.0 Å².